The molecule has 0 fully saturated rings. The molecular formula is C14H16ClN3O2. The zero-order valence-electron chi connectivity index (χ0n) is 11.4. The molecule has 20 heavy (non-hydrogen) atoms. The molecule has 0 aliphatic rings. The molecule has 1 aromatic heterocycles. The summed E-state index contributed by atoms with van der Waals surface area (Å²) in [5, 5.41) is 6.77. The number of nitrogens with one attached hydrogen (secondary N) is 2. The van der Waals surface area contributed by atoms with E-state index in [1.807, 2.05) is 13.0 Å². The Morgan fingerprint density at radius 3 is 2.70 bits per heavy atom. The number of fused-ring (bicyclic) bond motifs is 1. The van der Waals surface area contributed by atoms with Gasteiger partial charge in [-0.1, -0.05) is 17.7 Å². The minimum atomic E-state index is -0.286. The first-order valence-corrected chi connectivity index (χ1v) is 6.70. The van der Waals surface area contributed by atoms with E-state index in [0.29, 0.717) is 17.3 Å². The Kier molecular flexibility index (Phi) is 4.29. The van der Waals surface area contributed by atoms with Crippen LogP contribution in [0, 0.1) is 0 Å². The summed E-state index contributed by atoms with van der Waals surface area (Å²) in [5.74, 6) is -0.492. The third kappa shape index (κ3) is 2.93. The molecule has 0 unspecified atom stereocenters. The molecule has 0 saturated carbocycles. The van der Waals surface area contributed by atoms with Crippen LogP contribution in [0.2, 0.25) is 5.02 Å². The maximum atomic E-state index is 12.1. The Hall–Kier alpha value is -2.01. The van der Waals surface area contributed by atoms with Gasteiger partial charge >= 0.3 is 0 Å². The van der Waals surface area contributed by atoms with Crippen molar-refractivity contribution >= 4 is 34.3 Å². The Bertz CT molecular complexity index is 664. The van der Waals surface area contributed by atoms with Crippen molar-refractivity contribution in [3.63, 3.8) is 0 Å². The summed E-state index contributed by atoms with van der Waals surface area (Å²) in [4.78, 5) is 23.4. The topological polar surface area (TPSA) is 63.1 Å². The van der Waals surface area contributed by atoms with Crippen molar-refractivity contribution in [2.24, 2.45) is 7.05 Å². The zero-order chi connectivity index (χ0) is 14.7. The quantitative estimate of drug-likeness (QED) is 0.901. The molecule has 2 amide bonds. The highest BCUT2D eigenvalue weighted by atomic mass is 35.5. The van der Waals surface area contributed by atoms with Crippen LogP contribution in [0.5, 0.6) is 0 Å². The van der Waals surface area contributed by atoms with Gasteiger partial charge in [0.2, 0.25) is 5.91 Å². The van der Waals surface area contributed by atoms with Gasteiger partial charge in [0.05, 0.1) is 6.54 Å². The van der Waals surface area contributed by atoms with E-state index < -0.39 is 0 Å². The van der Waals surface area contributed by atoms with Crippen LogP contribution in [0.25, 0.3) is 10.9 Å². The lowest BCUT2D eigenvalue weighted by Gasteiger charge is -2.06. The van der Waals surface area contributed by atoms with Crippen LogP contribution in [0.3, 0.4) is 0 Å². The van der Waals surface area contributed by atoms with Gasteiger partial charge in [-0.15, -0.1) is 0 Å². The van der Waals surface area contributed by atoms with Crippen molar-refractivity contribution in [1.29, 1.82) is 0 Å². The highest BCUT2D eigenvalue weighted by molar-refractivity contribution is 6.31. The summed E-state index contributed by atoms with van der Waals surface area (Å²) in [6.07, 6.45) is 0. The predicted molar refractivity (Wildman–Crippen MR) is 78.9 cm³/mol. The lowest BCUT2D eigenvalue weighted by Crippen LogP contribution is -2.37. The second kappa shape index (κ2) is 5.96. The number of aromatic nitrogens is 1. The van der Waals surface area contributed by atoms with Gasteiger partial charge in [0.1, 0.15) is 5.69 Å². The largest absolute Gasteiger partial charge is 0.355 e. The van der Waals surface area contributed by atoms with Gasteiger partial charge in [-0.05, 0) is 25.1 Å². The summed E-state index contributed by atoms with van der Waals surface area (Å²) < 4.78 is 1.76. The standard InChI is InChI=1S/C14H16ClN3O2/c1-3-16-13(19)8-17-14(20)12-6-9-4-5-10(15)7-11(9)18(12)2/h4-7H,3,8H2,1-2H3,(H,16,19)(H,17,20). The number of aryl methyl sites for hydroxylation is 1. The van der Waals surface area contributed by atoms with Crippen LogP contribution in [0.15, 0.2) is 24.3 Å². The van der Waals surface area contributed by atoms with Gasteiger partial charge in [-0.3, -0.25) is 9.59 Å². The van der Waals surface area contributed by atoms with Crippen molar-refractivity contribution in [2.75, 3.05) is 13.1 Å². The molecule has 0 saturated heterocycles. The average Bonchev–Trinajstić information content (AvgIpc) is 2.74. The summed E-state index contributed by atoms with van der Waals surface area (Å²) in [5.41, 5.74) is 1.37. The van der Waals surface area contributed by atoms with Crippen LogP contribution >= 0.6 is 11.6 Å². The fourth-order valence-electron chi connectivity index (χ4n) is 2.03. The van der Waals surface area contributed by atoms with Crippen molar-refractivity contribution in [3.8, 4) is 0 Å². The molecule has 0 radical (unpaired) electrons. The maximum Gasteiger partial charge on any atom is 0.268 e. The van der Waals surface area contributed by atoms with Gasteiger partial charge in [-0.2, -0.15) is 0 Å². The Labute approximate surface area is 121 Å². The molecule has 1 heterocycles. The van der Waals surface area contributed by atoms with E-state index in [1.54, 1.807) is 29.8 Å². The van der Waals surface area contributed by atoms with E-state index in [9.17, 15) is 9.59 Å². The van der Waals surface area contributed by atoms with Crippen LogP contribution in [-0.2, 0) is 11.8 Å². The molecule has 0 atom stereocenters. The van der Waals surface area contributed by atoms with E-state index >= 15 is 0 Å². The number of carbonyl (C=O) groups excluding carboxylic acids is 2. The second-order valence-corrected chi connectivity index (χ2v) is 4.86. The Morgan fingerprint density at radius 2 is 2.00 bits per heavy atom. The molecule has 2 rings (SSSR count). The molecule has 5 nitrogen and oxygen atoms in total. The van der Waals surface area contributed by atoms with Crippen LogP contribution in [-0.4, -0.2) is 29.5 Å². The minimum absolute atomic E-state index is 0.0328. The first-order valence-electron chi connectivity index (χ1n) is 6.32. The molecule has 0 aliphatic heterocycles. The summed E-state index contributed by atoms with van der Waals surface area (Å²) in [7, 11) is 1.79. The van der Waals surface area contributed by atoms with Gasteiger partial charge in [0.25, 0.3) is 5.91 Å². The van der Waals surface area contributed by atoms with E-state index in [1.165, 1.54) is 0 Å². The SMILES string of the molecule is CCNC(=O)CNC(=O)c1cc2ccc(Cl)cc2n1C. The highest BCUT2D eigenvalue weighted by Gasteiger charge is 2.14. The number of halogens is 1. The van der Waals surface area contributed by atoms with Crippen molar-refractivity contribution in [3.05, 3.63) is 35.0 Å². The van der Waals surface area contributed by atoms with E-state index in [4.69, 9.17) is 11.6 Å². The van der Waals surface area contributed by atoms with E-state index in [-0.39, 0.29) is 18.4 Å². The lowest BCUT2D eigenvalue weighted by molar-refractivity contribution is -0.120. The fraction of sp³-hybridized carbons (Fsp3) is 0.286. The van der Waals surface area contributed by atoms with Gasteiger partial charge in [-0.25, -0.2) is 0 Å². The van der Waals surface area contributed by atoms with Crippen LogP contribution in [0.1, 0.15) is 17.4 Å². The van der Waals surface area contributed by atoms with Gasteiger partial charge < -0.3 is 15.2 Å². The summed E-state index contributed by atoms with van der Waals surface area (Å²) in [6.45, 7) is 2.34. The highest BCUT2D eigenvalue weighted by Crippen LogP contribution is 2.22. The molecule has 2 aromatic rings. The minimum Gasteiger partial charge on any atom is -0.355 e. The number of nitrogens with zero attached hydrogens (tertiary/aromatic N) is 1. The number of rotatable bonds is 4. The zero-order valence-corrected chi connectivity index (χ0v) is 12.1. The number of amides is 2. The maximum absolute atomic E-state index is 12.1. The van der Waals surface area contributed by atoms with Crippen molar-refractivity contribution in [2.45, 2.75) is 6.92 Å². The van der Waals surface area contributed by atoms with Crippen molar-refractivity contribution < 1.29 is 9.59 Å². The predicted octanol–water partition coefficient (Wildman–Crippen LogP) is 1.70. The van der Waals surface area contributed by atoms with E-state index in [2.05, 4.69) is 10.6 Å². The molecule has 0 aliphatic carbocycles. The molecule has 1 aromatic carbocycles. The third-order valence-electron chi connectivity index (χ3n) is 3.02. The first-order chi connectivity index (χ1) is 9.52. The average molecular weight is 294 g/mol. The molecule has 106 valence electrons. The smallest absolute Gasteiger partial charge is 0.268 e. The number of hydrogen-bond acceptors (Lipinski definition) is 2. The molecular weight excluding hydrogens is 278 g/mol. The van der Waals surface area contributed by atoms with Crippen LogP contribution in [0.4, 0.5) is 0 Å². The Morgan fingerprint density at radius 1 is 1.25 bits per heavy atom. The Balaban J connectivity index is 2.18. The molecule has 0 bridgehead atoms. The first kappa shape index (κ1) is 14.4. The monoisotopic (exact) mass is 293 g/mol. The number of likely N-dealkylation sites (N-methyl/N-ethyl adjacent to an activating group) is 1. The second-order valence-electron chi connectivity index (χ2n) is 4.43. The van der Waals surface area contributed by atoms with Gasteiger partial charge in [0, 0.05) is 29.5 Å². The number of carbonyl (C=O) groups is 2. The van der Waals surface area contributed by atoms with Gasteiger partial charge in [0.15, 0.2) is 0 Å². The molecule has 6 heteroatoms. The normalized spacial score (nSPS) is 10.6. The van der Waals surface area contributed by atoms with E-state index in [0.717, 1.165) is 10.9 Å². The number of hydrogen-bond donors (Lipinski definition) is 2. The number of benzene rings is 1. The summed E-state index contributed by atoms with van der Waals surface area (Å²) >= 11 is 5.95. The fourth-order valence-corrected chi connectivity index (χ4v) is 2.20. The third-order valence-corrected chi connectivity index (χ3v) is 3.26. The van der Waals surface area contributed by atoms with Crippen LogP contribution < -0.4 is 10.6 Å². The molecule has 2 N–H and O–H groups in total. The van der Waals surface area contributed by atoms with Crippen molar-refractivity contribution in [1.82, 2.24) is 15.2 Å². The summed E-state index contributed by atoms with van der Waals surface area (Å²) in [6, 6.07) is 7.22. The lowest BCUT2D eigenvalue weighted by atomic mass is 10.2. The molecule has 0 spiro atoms.